The maximum Gasteiger partial charge on any atom is 0.322 e. The lowest BCUT2D eigenvalue weighted by Gasteiger charge is -2.01. The average molecular weight is 260 g/mol. The van der Waals surface area contributed by atoms with Gasteiger partial charge in [0, 0.05) is 12.6 Å². The minimum atomic E-state index is -1.18. The van der Waals surface area contributed by atoms with Crippen LogP contribution in [-0.2, 0) is 16.0 Å². The zero-order chi connectivity index (χ0) is 14.1. The molecule has 0 radical (unpaired) electrons. The van der Waals surface area contributed by atoms with Crippen molar-refractivity contribution in [1.82, 2.24) is 9.97 Å². The molecular formula is C9H16N4O5. The van der Waals surface area contributed by atoms with Gasteiger partial charge in [0.1, 0.15) is 12.1 Å². The molecule has 1 rings (SSSR count). The van der Waals surface area contributed by atoms with Crippen molar-refractivity contribution >= 4 is 11.9 Å². The van der Waals surface area contributed by atoms with Crippen molar-refractivity contribution in [2.24, 2.45) is 11.5 Å². The van der Waals surface area contributed by atoms with Crippen LogP contribution in [0, 0.1) is 0 Å². The van der Waals surface area contributed by atoms with Crippen LogP contribution in [0.3, 0.4) is 0 Å². The number of aliphatic carboxylic acids is 2. The number of aromatic nitrogens is 2. The number of imidazole rings is 1. The second-order valence-electron chi connectivity index (χ2n) is 3.34. The number of aliphatic hydroxyl groups excluding tert-OH is 1. The number of carboxylic acid groups (broad SMARTS) is 2. The van der Waals surface area contributed by atoms with Crippen LogP contribution in [0.2, 0.25) is 0 Å². The lowest BCUT2D eigenvalue weighted by molar-refractivity contribution is -0.140. The molecule has 0 fully saturated rings. The van der Waals surface area contributed by atoms with Crippen LogP contribution in [0.4, 0.5) is 0 Å². The summed E-state index contributed by atoms with van der Waals surface area (Å²) in [7, 11) is 0. The Hall–Kier alpha value is -1.97. The molecule has 1 aromatic heterocycles. The van der Waals surface area contributed by atoms with Gasteiger partial charge in [-0.3, -0.25) is 9.59 Å². The molecule has 2 atom stereocenters. The molecule has 9 nitrogen and oxygen atoms in total. The first-order valence-electron chi connectivity index (χ1n) is 4.93. The Balaban J connectivity index is 0.000000360. The van der Waals surface area contributed by atoms with Crippen molar-refractivity contribution in [2.75, 3.05) is 6.61 Å². The van der Waals surface area contributed by atoms with Crippen LogP contribution in [-0.4, -0.2) is 55.9 Å². The van der Waals surface area contributed by atoms with Gasteiger partial charge in [-0.2, -0.15) is 0 Å². The summed E-state index contributed by atoms with van der Waals surface area (Å²) in [5, 5.41) is 24.3. The fourth-order valence-corrected chi connectivity index (χ4v) is 0.793. The Kier molecular flexibility index (Phi) is 7.28. The molecule has 1 aromatic rings. The third kappa shape index (κ3) is 6.58. The summed E-state index contributed by atoms with van der Waals surface area (Å²) in [5.41, 5.74) is 10.7. The Morgan fingerprint density at radius 2 is 1.83 bits per heavy atom. The van der Waals surface area contributed by atoms with Crippen molar-refractivity contribution < 1.29 is 24.9 Å². The maximum atomic E-state index is 10.3. The highest BCUT2D eigenvalue weighted by molar-refractivity contribution is 5.73. The zero-order valence-corrected chi connectivity index (χ0v) is 9.48. The van der Waals surface area contributed by atoms with Gasteiger partial charge in [0.05, 0.1) is 18.6 Å². The summed E-state index contributed by atoms with van der Waals surface area (Å²) in [6.45, 7) is -0.505. The summed E-state index contributed by atoms with van der Waals surface area (Å²) in [6.07, 6.45) is 3.38. The number of H-pyrrole nitrogens is 1. The van der Waals surface area contributed by atoms with Crippen molar-refractivity contribution in [3.63, 3.8) is 0 Å². The molecular weight excluding hydrogens is 244 g/mol. The lowest BCUT2D eigenvalue weighted by atomic mass is 10.2. The molecule has 8 N–H and O–H groups in total. The van der Waals surface area contributed by atoms with Crippen LogP contribution in [0.5, 0.6) is 0 Å². The molecule has 0 bridgehead atoms. The normalized spacial score (nSPS) is 13.1. The SMILES string of the molecule is N[C@@H](CO)C(=O)O.N[C@@H](Cc1c[nH]cn1)C(=O)O. The van der Waals surface area contributed by atoms with Crippen LogP contribution >= 0.6 is 0 Å². The molecule has 0 aliphatic rings. The van der Waals surface area contributed by atoms with Crippen LogP contribution in [0.25, 0.3) is 0 Å². The fraction of sp³-hybridized carbons (Fsp3) is 0.444. The van der Waals surface area contributed by atoms with Gasteiger partial charge in [0.2, 0.25) is 0 Å². The van der Waals surface area contributed by atoms with Gasteiger partial charge in [-0.1, -0.05) is 0 Å². The van der Waals surface area contributed by atoms with E-state index in [0.717, 1.165) is 0 Å². The van der Waals surface area contributed by atoms with Gasteiger partial charge >= 0.3 is 11.9 Å². The Bertz CT molecular complexity index is 367. The number of carbonyl (C=O) groups is 2. The Morgan fingerprint density at radius 1 is 1.28 bits per heavy atom. The van der Waals surface area contributed by atoms with E-state index in [1.54, 1.807) is 6.20 Å². The Labute approximate surface area is 102 Å². The standard InChI is InChI=1S/C6H9N3O2.C3H7NO3/c7-5(6(10)11)1-4-2-8-3-9-4;4-2(1-5)3(6)7/h2-3,5H,1,7H2,(H,8,9)(H,10,11);2,5H,1,4H2,(H,6,7)/t5-;2-/m00/s1. The molecule has 0 amide bonds. The van der Waals surface area contributed by atoms with Gasteiger partial charge in [0.25, 0.3) is 0 Å². The molecule has 102 valence electrons. The number of carboxylic acids is 2. The van der Waals surface area contributed by atoms with Gasteiger partial charge < -0.3 is 31.8 Å². The molecule has 0 aliphatic carbocycles. The van der Waals surface area contributed by atoms with Crippen LogP contribution in [0.1, 0.15) is 5.69 Å². The van der Waals surface area contributed by atoms with Crippen LogP contribution in [0.15, 0.2) is 12.5 Å². The quantitative estimate of drug-likeness (QED) is 0.344. The van der Waals surface area contributed by atoms with E-state index in [2.05, 4.69) is 9.97 Å². The number of aromatic amines is 1. The summed E-state index contributed by atoms with van der Waals surface area (Å²) in [5.74, 6) is -2.18. The summed E-state index contributed by atoms with van der Waals surface area (Å²) >= 11 is 0. The van der Waals surface area contributed by atoms with Crippen molar-refractivity contribution in [1.29, 1.82) is 0 Å². The minimum Gasteiger partial charge on any atom is -0.480 e. The van der Waals surface area contributed by atoms with Crippen molar-refractivity contribution in [3.05, 3.63) is 18.2 Å². The van der Waals surface area contributed by atoms with Crippen molar-refractivity contribution in [2.45, 2.75) is 18.5 Å². The van der Waals surface area contributed by atoms with E-state index in [9.17, 15) is 9.59 Å². The summed E-state index contributed by atoms with van der Waals surface area (Å²) in [6, 6.07) is -1.99. The smallest absolute Gasteiger partial charge is 0.322 e. The van der Waals surface area contributed by atoms with Crippen LogP contribution < -0.4 is 11.5 Å². The molecule has 18 heavy (non-hydrogen) atoms. The molecule has 0 aromatic carbocycles. The maximum absolute atomic E-state index is 10.3. The molecule has 0 saturated carbocycles. The van der Waals surface area contributed by atoms with Gasteiger partial charge in [-0.15, -0.1) is 0 Å². The molecule has 0 spiro atoms. The zero-order valence-electron chi connectivity index (χ0n) is 9.48. The van der Waals surface area contributed by atoms with Gasteiger partial charge in [-0.05, 0) is 0 Å². The van der Waals surface area contributed by atoms with E-state index in [0.29, 0.717) is 5.69 Å². The second-order valence-corrected chi connectivity index (χ2v) is 3.34. The number of hydrogen-bond donors (Lipinski definition) is 6. The van der Waals surface area contributed by atoms with E-state index < -0.39 is 30.6 Å². The molecule has 0 aliphatic heterocycles. The number of nitrogens with two attached hydrogens (primary N) is 2. The van der Waals surface area contributed by atoms with E-state index in [-0.39, 0.29) is 6.42 Å². The topological polar surface area (TPSA) is 176 Å². The highest BCUT2D eigenvalue weighted by Crippen LogP contribution is 1.95. The minimum absolute atomic E-state index is 0.263. The number of hydrogen-bond acceptors (Lipinski definition) is 6. The molecule has 1 heterocycles. The highest BCUT2D eigenvalue weighted by atomic mass is 16.4. The molecule has 9 heteroatoms. The Morgan fingerprint density at radius 3 is 2.11 bits per heavy atom. The first kappa shape index (κ1) is 16.0. The molecule has 0 unspecified atom stereocenters. The third-order valence-electron chi connectivity index (χ3n) is 1.81. The number of rotatable bonds is 5. The van der Waals surface area contributed by atoms with E-state index >= 15 is 0 Å². The number of aliphatic hydroxyl groups is 1. The first-order chi connectivity index (χ1) is 8.38. The lowest BCUT2D eigenvalue weighted by Crippen LogP contribution is -2.33. The molecule has 0 saturated heterocycles. The highest BCUT2D eigenvalue weighted by Gasteiger charge is 2.12. The van der Waals surface area contributed by atoms with E-state index in [1.165, 1.54) is 6.33 Å². The predicted octanol–water partition coefficient (Wildman–Crippen LogP) is -2.25. The van der Waals surface area contributed by atoms with Gasteiger partial charge in [0.15, 0.2) is 0 Å². The van der Waals surface area contributed by atoms with Gasteiger partial charge in [-0.25, -0.2) is 4.98 Å². The first-order valence-corrected chi connectivity index (χ1v) is 4.93. The monoisotopic (exact) mass is 260 g/mol. The van der Waals surface area contributed by atoms with E-state index in [1.807, 2.05) is 0 Å². The average Bonchev–Trinajstić information content (AvgIpc) is 2.81. The van der Waals surface area contributed by atoms with Crippen molar-refractivity contribution in [3.8, 4) is 0 Å². The summed E-state index contributed by atoms with van der Waals surface area (Å²) in [4.78, 5) is 26.5. The van der Waals surface area contributed by atoms with E-state index in [4.69, 9.17) is 26.8 Å². The predicted molar refractivity (Wildman–Crippen MR) is 60.6 cm³/mol. The second kappa shape index (κ2) is 8.17. The number of nitrogens with one attached hydrogen (secondary N) is 1. The fourth-order valence-electron chi connectivity index (χ4n) is 0.793. The largest absolute Gasteiger partial charge is 0.480 e. The third-order valence-corrected chi connectivity index (χ3v) is 1.81. The summed E-state index contributed by atoms with van der Waals surface area (Å²) < 4.78 is 0. The number of nitrogens with zero attached hydrogens (tertiary/aromatic N) is 1.